The van der Waals surface area contributed by atoms with Crippen LogP contribution in [0.1, 0.15) is 12.7 Å². The molecule has 30 heavy (non-hydrogen) atoms. The first-order valence-electron chi connectivity index (χ1n) is 8.48. The molecule has 0 saturated carbocycles. The largest absolute Gasteiger partial charge is 0.368 e. The summed E-state index contributed by atoms with van der Waals surface area (Å²) in [6.45, 7) is 2.93. The maximum Gasteiger partial charge on any atom is 0.295 e. The van der Waals surface area contributed by atoms with E-state index in [4.69, 9.17) is 5.73 Å². The van der Waals surface area contributed by atoms with Gasteiger partial charge in [0.2, 0.25) is 11.9 Å². The van der Waals surface area contributed by atoms with Crippen LogP contribution in [0.25, 0.3) is 10.8 Å². The van der Waals surface area contributed by atoms with Crippen molar-refractivity contribution in [1.82, 2.24) is 20.3 Å². The Morgan fingerprint density at radius 2 is 1.73 bits per heavy atom. The number of anilines is 3. The van der Waals surface area contributed by atoms with Crippen molar-refractivity contribution < 1.29 is 25.9 Å². The van der Waals surface area contributed by atoms with Crippen molar-refractivity contribution in [2.75, 3.05) is 17.6 Å². The van der Waals surface area contributed by atoms with E-state index in [9.17, 15) is 25.9 Å². The molecule has 0 amide bonds. The molecular formula is C16H18N6O6S2. The predicted octanol–water partition coefficient (Wildman–Crippen LogP) is 0.954. The number of rotatable bonds is 7. The molecule has 12 nitrogen and oxygen atoms in total. The van der Waals surface area contributed by atoms with Gasteiger partial charge in [-0.2, -0.15) is 31.8 Å². The number of aromatic nitrogens is 3. The van der Waals surface area contributed by atoms with Gasteiger partial charge in [0.15, 0.2) is 0 Å². The second kappa shape index (κ2) is 8.08. The summed E-state index contributed by atoms with van der Waals surface area (Å²) >= 11 is 0. The minimum absolute atomic E-state index is 0.0468. The molecule has 1 heterocycles. The van der Waals surface area contributed by atoms with E-state index in [1.807, 2.05) is 6.92 Å². The first kappa shape index (κ1) is 21.8. The zero-order valence-corrected chi connectivity index (χ0v) is 17.2. The zero-order chi connectivity index (χ0) is 22.1. The van der Waals surface area contributed by atoms with E-state index < -0.39 is 30.0 Å². The fourth-order valence-corrected chi connectivity index (χ4v) is 3.93. The Kier molecular flexibility index (Phi) is 5.87. The predicted molar refractivity (Wildman–Crippen MR) is 108 cm³/mol. The first-order chi connectivity index (χ1) is 14.0. The van der Waals surface area contributed by atoms with Gasteiger partial charge in [0.1, 0.15) is 10.7 Å². The minimum Gasteiger partial charge on any atom is -0.368 e. The standard InChI is InChI=1S/C16H18N6O6S2/c1-2-18-8-14-20-15(17)22-16(21-14)19-10-5-9-3-4-11(29(23,24)25)7-12(9)13(6-10)30(26,27)28/h3-7,18H,2,8H2,1H3,(H,23,24,25)(H,26,27,28)(H3,17,19,20,21,22). The molecule has 0 saturated heterocycles. The zero-order valence-electron chi connectivity index (χ0n) is 15.6. The SMILES string of the molecule is CCNCc1nc(N)nc(Nc2cc(S(=O)(=O)O)c3cc(S(=O)(=O)O)ccc3c2)n1. The average molecular weight is 454 g/mol. The molecule has 1 aromatic heterocycles. The number of fused-ring (bicyclic) bond motifs is 1. The average Bonchev–Trinajstić information content (AvgIpc) is 2.63. The van der Waals surface area contributed by atoms with E-state index in [0.717, 1.165) is 18.2 Å². The molecule has 2 aromatic carbocycles. The molecule has 0 atom stereocenters. The van der Waals surface area contributed by atoms with Gasteiger partial charge in [-0.25, -0.2) is 0 Å². The Morgan fingerprint density at radius 1 is 1.00 bits per heavy atom. The van der Waals surface area contributed by atoms with Gasteiger partial charge in [-0.15, -0.1) is 0 Å². The third-order valence-electron chi connectivity index (χ3n) is 3.95. The van der Waals surface area contributed by atoms with Crippen molar-refractivity contribution >= 4 is 48.6 Å². The molecule has 0 spiro atoms. The summed E-state index contributed by atoms with van der Waals surface area (Å²) in [6.07, 6.45) is 0. The number of nitrogens with two attached hydrogens (primary N) is 1. The van der Waals surface area contributed by atoms with Crippen LogP contribution < -0.4 is 16.4 Å². The van der Waals surface area contributed by atoms with Crippen molar-refractivity contribution in [3.05, 3.63) is 36.2 Å². The molecule has 0 aliphatic heterocycles. The van der Waals surface area contributed by atoms with Crippen LogP contribution in [-0.2, 0) is 26.8 Å². The molecule has 0 bridgehead atoms. The molecule has 0 aliphatic rings. The Hall–Kier alpha value is -2.91. The van der Waals surface area contributed by atoms with E-state index in [-0.39, 0.29) is 28.4 Å². The molecule has 0 radical (unpaired) electrons. The lowest BCUT2D eigenvalue weighted by Crippen LogP contribution is -2.16. The Balaban J connectivity index is 2.11. The smallest absolute Gasteiger partial charge is 0.295 e. The van der Waals surface area contributed by atoms with Gasteiger partial charge in [0, 0.05) is 11.1 Å². The molecule has 0 unspecified atom stereocenters. The second-order valence-corrected chi connectivity index (χ2v) is 8.96. The van der Waals surface area contributed by atoms with Gasteiger partial charge < -0.3 is 16.4 Å². The first-order valence-corrected chi connectivity index (χ1v) is 11.4. The number of nitrogen functional groups attached to an aromatic ring is 1. The summed E-state index contributed by atoms with van der Waals surface area (Å²) in [4.78, 5) is 11.0. The summed E-state index contributed by atoms with van der Waals surface area (Å²) < 4.78 is 65.4. The van der Waals surface area contributed by atoms with Gasteiger partial charge in [-0.1, -0.05) is 13.0 Å². The maximum absolute atomic E-state index is 11.9. The van der Waals surface area contributed by atoms with E-state index in [1.54, 1.807) is 0 Å². The molecule has 6 N–H and O–H groups in total. The molecule has 14 heteroatoms. The van der Waals surface area contributed by atoms with Gasteiger partial charge in [0.25, 0.3) is 20.2 Å². The van der Waals surface area contributed by atoms with Gasteiger partial charge in [-0.3, -0.25) is 9.11 Å². The monoisotopic (exact) mass is 454 g/mol. The van der Waals surface area contributed by atoms with E-state index in [2.05, 4.69) is 25.6 Å². The van der Waals surface area contributed by atoms with Gasteiger partial charge in [-0.05, 0) is 36.2 Å². The quantitative estimate of drug-likeness (QED) is 0.317. The molecule has 0 aliphatic carbocycles. The number of hydrogen-bond acceptors (Lipinski definition) is 10. The van der Waals surface area contributed by atoms with Crippen LogP contribution in [0.15, 0.2) is 40.1 Å². The minimum atomic E-state index is -4.74. The van der Waals surface area contributed by atoms with Crippen LogP contribution in [0.3, 0.4) is 0 Å². The van der Waals surface area contributed by atoms with Crippen molar-refractivity contribution in [2.45, 2.75) is 23.3 Å². The molecule has 160 valence electrons. The van der Waals surface area contributed by atoms with Crippen molar-refractivity contribution in [3.8, 4) is 0 Å². The third-order valence-corrected chi connectivity index (χ3v) is 5.70. The molecular weight excluding hydrogens is 436 g/mol. The van der Waals surface area contributed by atoms with Crippen LogP contribution in [0, 0.1) is 0 Å². The van der Waals surface area contributed by atoms with Crippen LogP contribution in [0.5, 0.6) is 0 Å². The molecule has 0 fully saturated rings. The summed E-state index contributed by atoms with van der Waals surface area (Å²) in [5.41, 5.74) is 5.88. The van der Waals surface area contributed by atoms with E-state index in [0.29, 0.717) is 18.9 Å². The summed E-state index contributed by atoms with van der Waals surface area (Å²) in [5, 5.41) is 6.01. The molecule has 3 aromatic rings. The van der Waals surface area contributed by atoms with Crippen LogP contribution >= 0.6 is 0 Å². The highest BCUT2D eigenvalue weighted by Gasteiger charge is 2.19. The Labute approximate surface area is 172 Å². The Bertz CT molecular complexity index is 1330. The highest BCUT2D eigenvalue weighted by atomic mass is 32.2. The number of nitrogens with one attached hydrogen (secondary N) is 2. The highest BCUT2D eigenvalue weighted by molar-refractivity contribution is 7.86. The van der Waals surface area contributed by atoms with Gasteiger partial charge in [0.05, 0.1) is 11.4 Å². The fraction of sp³-hybridized carbons (Fsp3) is 0.188. The normalized spacial score (nSPS) is 12.2. The fourth-order valence-electron chi connectivity index (χ4n) is 2.69. The van der Waals surface area contributed by atoms with Crippen molar-refractivity contribution in [2.24, 2.45) is 0 Å². The summed E-state index contributed by atoms with van der Waals surface area (Å²) in [7, 11) is -9.31. The maximum atomic E-state index is 11.9. The second-order valence-electron chi connectivity index (χ2n) is 6.15. The van der Waals surface area contributed by atoms with Crippen molar-refractivity contribution in [3.63, 3.8) is 0 Å². The lowest BCUT2D eigenvalue weighted by Gasteiger charge is -2.11. The number of benzene rings is 2. The van der Waals surface area contributed by atoms with Gasteiger partial charge >= 0.3 is 0 Å². The number of hydrogen-bond donors (Lipinski definition) is 5. The lowest BCUT2D eigenvalue weighted by atomic mass is 10.1. The highest BCUT2D eigenvalue weighted by Crippen LogP contribution is 2.30. The van der Waals surface area contributed by atoms with Crippen LogP contribution in [-0.4, -0.2) is 47.4 Å². The lowest BCUT2D eigenvalue weighted by molar-refractivity contribution is 0.480. The third kappa shape index (κ3) is 4.98. The van der Waals surface area contributed by atoms with E-state index in [1.165, 1.54) is 12.1 Å². The summed E-state index contributed by atoms with van der Waals surface area (Å²) in [5.74, 6) is 0.361. The Morgan fingerprint density at radius 3 is 2.37 bits per heavy atom. The molecule has 3 rings (SSSR count). The van der Waals surface area contributed by atoms with Crippen molar-refractivity contribution in [1.29, 1.82) is 0 Å². The van der Waals surface area contributed by atoms with Crippen LogP contribution in [0.4, 0.5) is 17.6 Å². The topological polar surface area (TPSA) is 197 Å². The van der Waals surface area contributed by atoms with Crippen LogP contribution in [0.2, 0.25) is 0 Å². The van der Waals surface area contributed by atoms with E-state index >= 15 is 0 Å². The summed E-state index contributed by atoms with van der Waals surface area (Å²) in [6, 6.07) is 5.91. The number of nitrogens with zero attached hydrogens (tertiary/aromatic N) is 3.